The van der Waals surface area contributed by atoms with Gasteiger partial charge in [0, 0.05) is 22.3 Å². The lowest BCUT2D eigenvalue weighted by molar-refractivity contribution is 0.316. The van der Waals surface area contributed by atoms with Crippen LogP contribution in [0, 0.1) is 0 Å². The molecule has 0 radical (unpaired) electrons. The average molecular weight is 344 g/mol. The van der Waals surface area contributed by atoms with Crippen molar-refractivity contribution in [3.05, 3.63) is 46.9 Å². The fourth-order valence-corrected chi connectivity index (χ4v) is 3.18. The van der Waals surface area contributed by atoms with Crippen LogP contribution in [0.5, 0.6) is 5.75 Å². The number of ether oxygens (including phenoxy) is 1. The molecular weight excluding hydrogens is 326 g/mol. The number of rotatable bonds is 3. The molecule has 2 aromatic heterocycles. The molecule has 1 atom stereocenters. The van der Waals surface area contributed by atoms with Crippen molar-refractivity contribution in [2.24, 2.45) is 0 Å². The molecule has 1 aliphatic rings. The van der Waals surface area contributed by atoms with Gasteiger partial charge in [-0.3, -0.25) is 0 Å². The highest BCUT2D eigenvalue weighted by Crippen LogP contribution is 2.35. The lowest BCUT2D eigenvalue weighted by Crippen LogP contribution is -2.14. The summed E-state index contributed by atoms with van der Waals surface area (Å²) in [7, 11) is 0. The van der Waals surface area contributed by atoms with Gasteiger partial charge in [0.25, 0.3) is 5.78 Å². The van der Waals surface area contributed by atoms with Crippen molar-refractivity contribution in [2.45, 2.75) is 32.2 Å². The normalized spacial score (nSPS) is 17.2. The Morgan fingerprint density at radius 2 is 2.29 bits per heavy atom. The van der Waals surface area contributed by atoms with Gasteiger partial charge in [0.15, 0.2) is 0 Å². The third kappa shape index (κ3) is 2.78. The summed E-state index contributed by atoms with van der Waals surface area (Å²) >= 11 is 6.11. The van der Waals surface area contributed by atoms with Gasteiger partial charge in [0.1, 0.15) is 17.9 Å². The summed E-state index contributed by atoms with van der Waals surface area (Å²) in [6.45, 7) is 2.77. The molecule has 3 heterocycles. The van der Waals surface area contributed by atoms with E-state index in [1.54, 1.807) is 4.52 Å². The summed E-state index contributed by atoms with van der Waals surface area (Å²) < 4.78 is 7.58. The summed E-state index contributed by atoms with van der Waals surface area (Å²) in [5.41, 5.74) is 2.10. The topological polar surface area (TPSA) is 64.3 Å². The molecule has 124 valence electrons. The van der Waals surface area contributed by atoms with Crippen LogP contribution in [0.4, 0.5) is 5.82 Å². The second-order valence-electron chi connectivity index (χ2n) is 5.83. The smallest absolute Gasteiger partial charge is 0.254 e. The van der Waals surface area contributed by atoms with Crippen LogP contribution in [0.2, 0.25) is 5.02 Å². The van der Waals surface area contributed by atoms with Crippen LogP contribution in [-0.2, 0) is 6.42 Å². The van der Waals surface area contributed by atoms with Crippen molar-refractivity contribution >= 4 is 23.2 Å². The molecule has 1 unspecified atom stereocenters. The molecule has 3 aromatic rings. The summed E-state index contributed by atoms with van der Waals surface area (Å²) in [4.78, 5) is 8.70. The lowest BCUT2D eigenvalue weighted by Gasteiger charge is -2.20. The number of nitrogens with zero attached hydrogens (tertiary/aromatic N) is 4. The Morgan fingerprint density at radius 1 is 1.38 bits per heavy atom. The van der Waals surface area contributed by atoms with E-state index < -0.39 is 0 Å². The molecular formula is C17H18ClN5O. The average Bonchev–Trinajstić information content (AvgIpc) is 2.98. The first-order chi connectivity index (χ1) is 11.7. The maximum atomic E-state index is 6.11. The number of aryl methyl sites for hydroxylation is 1. The largest absolute Gasteiger partial charge is 0.493 e. The summed E-state index contributed by atoms with van der Waals surface area (Å²) in [6.07, 6.45) is 4.31. The van der Waals surface area contributed by atoms with E-state index >= 15 is 0 Å². The highest BCUT2D eigenvalue weighted by molar-refractivity contribution is 6.30. The Hall–Kier alpha value is -2.34. The molecule has 4 rings (SSSR count). The predicted octanol–water partition coefficient (Wildman–Crippen LogP) is 3.67. The molecule has 0 saturated heterocycles. The molecule has 7 heteroatoms. The predicted molar refractivity (Wildman–Crippen MR) is 92.7 cm³/mol. The zero-order chi connectivity index (χ0) is 16.5. The van der Waals surface area contributed by atoms with Gasteiger partial charge in [-0.25, -0.2) is 4.98 Å². The van der Waals surface area contributed by atoms with E-state index in [2.05, 4.69) is 27.3 Å². The minimum atomic E-state index is 0.124. The summed E-state index contributed by atoms with van der Waals surface area (Å²) in [6, 6.07) is 7.97. The maximum absolute atomic E-state index is 6.11. The zero-order valence-electron chi connectivity index (χ0n) is 13.4. The van der Waals surface area contributed by atoms with Crippen LogP contribution in [0.1, 0.15) is 37.1 Å². The molecule has 0 fully saturated rings. The Kier molecular flexibility index (Phi) is 3.98. The first kappa shape index (κ1) is 15.2. The van der Waals surface area contributed by atoms with E-state index in [1.165, 1.54) is 6.33 Å². The second-order valence-corrected chi connectivity index (χ2v) is 6.26. The molecule has 1 aliphatic heterocycles. The minimum Gasteiger partial charge on any atom is -0.493 e. The van der Waals surface area contributed by atoms with Gasteiger partial charge in [-0.05, 0) is 31.4 Å². The summed E-state index contributed by atoms with van der Waals surface area (Å²) in [5.74, 6) is 2.34. The number of benzene rings is 1. The third-order valence-electron chi connectivity index (χ3n) is 4.23. The van der Waals surface area contributed by atoms with Crippen molar-refractivity contribution in [1.29, 1.82) is 0 Å². The van der Waals surface area contributed by atoms with Crippen LogP contribution >= 0.6 is 11.6 Å². The standard InChI is InChI=1S/C17H18ClN5O/c1-2-12-9-16(23-17(21-12)19-10-20-23)22-14-4-3-7-24-15-8-11(18)5-6-13(14)15/h5-6,8-10,14,22H,2-4,7H2,1H3. The maximum Gasteiger partial charge on any atom is 0.254 e. The van der Waals surface area contributed by atoms with Gasteiger partial charge >= 0.3 is 0 Å². The van der Waals surface area contributed by atoms with Gasteiger partial charge in [-0.2, -0.15) is 14.6 Å². The molecule has 0 spiro atoms. The van der Waals surface area contributed by atoms with Crippen LogP contribution < -0.4 is 10.1 Å². The number of anilines is 1. The number of hydrogen-bond donors (Lipinski definition) is 1. The number of halogens is 1. The number of nitrogens with one attached hydrogen (secondary N) is 1. The Labute approximate surface area is 144 Å². The SMILES string of the molecule is CCc1cc(NC2CCCOc3cc(Cl)ccc32)n2ncnc2n1. The quantitative estimate of drug-likeness (QED) is 0.786. The van der Waals surface area contributed by atoms with Crippen molar-refractivity contribution in [1.82, 2.24) is 19.6 Å². The molecule has 1 aromatic carbocycles. The van der Waals surface area contributed by atoms with Crippen LogP contribution in [0.3, 0.4) is 0 Å². The van der Waals surface area contributed by atoms with Crippen molar-refractivity contribution in [2.75, 3.05) is 11.9 Å². The fraction of sp³-hybridized carbons (Fsp3) is 0.353. The fourth-order valence-electron chi connectivity index (χ4n) is 3.02. The number of aromatic nitrogens is 4. The second kappa shape index (κ2) is 6.28. The van der Waals surface area contributed by atoms with Crippen molar-refractivity contribution in [3.63, 3.8) is 0 Å². The molecule has 1 N–H and O–H groups in total. The van der Waals surface area contributed by atoms with E-state index in [0.29, 0.717) is 17.4 Å². The molecule has 0 amide bonds. The van der Waals surface area contributed by atoms with Crippen molar-refractivity contribution < 1.29 is 4.74 Å². The summed E-state index contributed by atoms with van der Waals surface area (Å²) in [5, 5.41) is 8.56. The van der Waals surface area contributed by atoms with Crippen molar-refractivity contribution in [3.8, 4) is 5.75 Å². The molecule has 6 nitrogen and oxygen atoms in total. The van der Waals surface area contributed by atoms with Gasteiger partial charge in [0.2, 0.25) is 0 Å². The Bertz CT molecular complexity index is 879. The van der Waals surface area contributed by atoms with E-state index in [1.807, 2.05) is 24.3 Å². The van der Waals surface area contributed by atoms with Gasteiger partial charge in [-0.1, -0.05) is 24.6 Å². The van der Waals surface area contributed by atoms with E-state index in [4.69, 9.17) is 16.3 Å². The third-order valence-corrected chi connectivity index (χ3v) is 4.47. The van der Waals surface area contributed by atoms with Crippen LogP contribution in [0.25, 0.3) is 5.78 Å². The van der Waals surface area contributed by atoms with Gasteiger partial charge in [0.05, 0.1) is 12.6 Å². The Morgan fingerprint density at radius 3 is 3.17 bits per heavy atom. The molecule has 0 saturated carbocycles. The van der Waals surface area contributed by atoms with Crippen LogP contribution in [0.15, 0.2) is 30.6 Å². The highest BCUT2D eigenvalue weighted by Gasteiger charge is 2.21. The first-order valence-corrected chi connectivity index (χ1v) is 8.51. The monoisotopic (exact) mass is 343 g/mol. The lowest BCUT2D eigenvalue weighted by atomic mass is 10.0. The highest BCUT2D eigenvalue weighted by atomic mass is 35.5. The first-order valence-electron chi connectivity index (χ1n) is 8.13. The molecule has 24 heavy (non-hydrogen) atoms. The number of hydrogen-bond acceptors (Lipinski definition) is 5. The molecule has 0 bridgehead atoms. The van der Waals surface area contributed by atoms with E-state index in [0.717, 1.165) is 42.1 Å². The van der Waals surface area contributed by atoms with Crippen LogP contribution in [-0.4, -0.2) is 26.2 Å². The minimum absolute atomic E-state index is 0.124. The zero-order valence-corrected chi connectivity index (χ0v) is 14.1. The van der Waals surface area contributed by atoms with E-state index in [9.17, 15) is 0 Å². The number of fused-ring (bicyclic) bond motifs is 2. The Balaban J connectivity index is 1.74. The van der Waals surface area contributed by atoms with Gasteiger partial charge in [-0.15, -0.1) is 0 Å². The van der Waals surface area contributed by atoms with Gasteiger partial charge < -0.3 is 10.1 Å². The van der Waals surface area contributed by atoms with E-state index in [-0.39, 0.29) is 6.04 Å². The molecule has 0 aliphatic carbocycles.